The lowest BCUT2D eigenvalue weighted by atomic mass is 10.2. The molecule has 0 spiro atoms. The normalized spacial score (nSPS) is 10.6. The van der Waals surface area contributed by atoms with Crippen LogP contribution in [0.4, 0.5) is 5.69 Å². The van der Waals surface area contributed by atoms with Crippen LogP contribution in [0.15, 0.2) is 48.5 Å². The van der Waals surface area contributed by atoms with Crippen molar-refractivity contribution in [2.24, 2.45) is 0 Å². The first-order valence-corrected chi connectivity index (χ1v) is 7.55. The van der Waals surface area contributed by atoms with Gasteiger partial charge in [-0.3, -0.25) is 4.79 Å². The first kappa shape index (κ1) is 16.9. The molecule has 2 aromatic rings. The summed E-state index contributed by atoms with van der Waals surface area (Å²) in [6, 6.07) is 12.5. The molecule has 0 unspecified atom stereocenters. The largest absolute Gasteiger partial charge is 0.493 e. The Labute approximate surface area is 140 Å². The van der Waals surface area contributed by atoms with Crippen LogP contribution >= 0.6 is 11.6 Å². The molecule has 1 amide bonds. The second kappa shape index (κ2) is 8.25. The average Bonchev–Trinajstić information content (AvgIpc) is 2.54. The first-order chi connectivity index (χ1) is 11.1. The first-order valence-electron chi connectivity index (χ1n) is 7.18. The zero-order valence-corrected chi connectivity index (χ0v) is 13.8. The van der Waals surface area contributed by atoms with Crippen molar-refractivity contribution in [3.63, 3.8) is 0 Å². The van der Waals surface area contributed by atoms with E-state index in [1.165, 1.54) is 6.08 Å². The Morgan fingerprint density at radius 3 is 2.74 bits per heavy atom. The van der Waals surface area contributed by atoms with E-state index in [4.69, 9.17) is 21.1 Å². The highest BCUT2D eigenvalue weighted by Gasteiger charge is 2.04. The fourth-order valence-corrected chi connectivity index (χ4v) is 2.17. The number of anilines is 1. The van der Waals surface area contributed by atoms with Crippen LogP contribution in [0.2, 0.25) is 5.02 Å². The summed E-state index contributed by atoms with van der Waals surface area (Å²) in [6.45, 7) is 2.47. The number of benzene rings is 2. The van der Waals surface area contributed by atoms with Gasteiger partial charge in [-0.15, -0.1) is 0 Å². The summed E-state index contributed by atoms with van der Waals surface area (Å²) in [5.41, 5.74) is 1.49. The zero-order valence-electron chi connectivity index (χ0n) is 13.0. The molecule has 0 bridgehead atoms. The fourth-order valence-electron chi connectivity index (χ4n) is 1.98. The van der Waals surface area contributed by atoms with Crippen LogP contribution in [0.1, 0.15) is 12.5 Å². The second-order valence-corrected chi connectivity index (χ2v) is 5.11. The number of halogens is 1. The van der Waals surface area contributed by atoms with Crippen LogP contribution in [-0.2, 0) is 4.79 Å². The van der Waals surface area contributed by atoms with Crippen LogP contribution in [0, 0.1) is 0 Å². The van der Waals surface area contributed by atoms with Gasteiger partial charge in [-0.2, -0.15) is 0 Å². The molecular formula is C18H18ClNO3. The van der Waals surface area contributed by atoms with Crippen LogP contribution in [0.5, 0.6) is 11.5 Å². The fraction of sp³-hybridized carbons (Fsp3) is 0.167. The predicted octanol–water partition coefficient (Wildman–Crippen LogP) is 4.40. The number of rotatable bonds is 6. The lowest BCUT2D eigenvalue weighted by Crippen LogP contribution is -2.07. The van der Waals surface area contributed by atoms with Crippen molar-refractivity contribution in [3.8, 4) is 11.5 Å². The van der Waals surface area contributed by atoms with Gasteiger partial charge in [0.2, 0.25) is 5.91 Å². The van der Waals surface area contributed by atoms with Crippen molar-refractivity contribution in [3.05, 3.63) is 59.1 Å². The molecule has 0 aliphatic rings. The predicted molar refractivity (Wildman–Crippen MR) is 93.3 cm³/mol. The van der Waals surface area contributed by atoms with E-state index < -0.39 is 0 Å². The Kier molecular flexibility index (Phi) is 6.06. The lowest BCUT2D eigenvalue weighted by molar-refractivity contribution is -0.111. The second-order valence-electron chi connectivity index (χ2n) is 4.68. The summed E-state index contributed by atoms with van der Waals surface area (Å²) in [5, 5.41) is 3.32. The summed E-state index contributed by atoms with van der Waals surface area (Å²) in [4.78, 5) is 11.9. The molecule has 0 saturated heterocycles. The van der Waals surface area contributed by atoms with E-state index in [2.05, 4.69) is 5.32 Å². The molecule has 0 saturated carbocycles. The molecule has 4 nitrogen and oxygen atoms in total. The van der Waals surface area contributed by atoms with Crippen LogP contribution < -0.4 is 14.8 Å². The van der Waals surface area contributed by atoms with Gasteiger partial charge in [0.1, 0.15) is 0 Å². The maximum Gasteiger partial charge on any atom is 0.248 e. The summed E-state index contributed by atoms with van der Waals surface area (Å²) in [6.07, 6.45) is 3.16. The number of carbonyl (C=O) groups is 1. The number of amides is 1. The highest BCUT2D eigenvalue weighted by Crippen LogP contribution is 2.28. The van der Waals surface area contributed by atoms with Crippen molar-refractivity contribution >= 4 is 29.3 Å². The molecule has 1 N–H and O–H groups in total. The molecule has 0 aliphatic carbocycles. The van der Waals surface area contributed by atoms with E-state index in [0.717, 1.165) is 5.56 Å². The minimum Gasteiger partial charge on any atom is -0.493 e. The van der Waals surface area contributed by atoms with Crippen molar-refractivity contribution in [1.29, 1.82) is 0 Å². The number of ether oxygens (including phenoxy) is 2. The van der Waals surface area contributed by atoms with E-state index in [9.17, 15) is 4.79 Å². The minimum absolute atomic E-state index is 0.236. The number of methoxy groups -OCH3 is 1. The van der Waals surface area contributed by atoms with Crippen LogP contribution in [-0.4, -0.2) is 19.6 Å². The van der Waals surface area contributed by atoms with E-state index in [0.29, 0.717) is 28.8 Å². The molecule has 0 atom stereocenters. The van der Waals surface area contributed by atoms with Crippen molar-refractivity contribution < 1.29 is 14.3 Å². The van der Waals surface area contributed by atoms with Gasteiger partial charge in [-0.1, -0.05) is 23.7 Å². The minimum atomic E-state index is -0.236. The Bertz CT molecular complexity index is 713. The maximum absolute atomic E-state index is 11.9. The SMILES string of the molecule is CCOc1ccc(C=CC(=O)Nc2cccc(Cl)c2)cc1OC. The number of hydrogen-bond donors (Lipinski definition) is 1. The molecule has 0 aromatic heterocycles. The van der Waals surface area contributed by atoms with Crippen molar-refractivity contribution in [2.75, 3.05) is 19.0 Å². The van der Waals surface area contributed by atoms with Gasteiger partial charge in [-0.05, 0) is 48.9 Å². The molecule has 0 heterocycles. The Morgan fingerprint density at radius 1 is 1.22 bits per heavy atom. The van der Waals surface area contributed by atoms with Gasteiger partial charge in [0, 0.05) is 16.8 Å². The third kappa shape index (κ3) is 5.04. The van der Waals surface area contributed by atoms with E-state index in [1.54, 1.807) is 37.5 Å². The summed E-state index contributed by atoms with van der Waals surface area (Å²) in [5.74, 6) is 1.07. The standard InChI is InChI=1S/C18H18ClNO3/c1-3-23-16-9-7-13(11-17(16)22-2)8-10-18(21)20-15-6-4-5-14(19)12-15/h4-12H,3H2,1-2H3,(H,20,21). The van der Waals surface area contributed by atoms with Gasteiger partial charge in [0.25, 0.3) is 0 Å². The van der Waals surface area contributed by atoms with Gasteiger partial charge in [0.15, 0.2) is 11.5 Å². The Hall–Kier alpha value is -2.46. The third-order valence-corrected chi connectivity index (χ3v) is 3.24. The summed E-state index contributed by atoms with van der Waals surface area (Å²) < 4.78 is 10.7. The highest BCUT2D eigenvalue weighted by atomic mass is 35.5. The van der Waals surface area contributed by atoms with Gasteiger partial charge >= 0.3 is 0 Å². The molecule has 23 heavy (non-hydrogen) atoms. The van der Waals surface area contributed by atoms with Gasteiger partial charge < -0.3 is 14.8 Å². The molecular weight excluding hydrogens is 314 g/mol. The van der Waals surface area contributed by atoms with E-state index in [-0.39, 0.29) is 5.91 Å². The number of carbonyl (C=O) groups excluding carboxylic acids is 1. The molecule has 120 valence electrons. The maximum atomic E-state index is 11.9. The Balaban J connectivity index is 2.05. The molecule has 5 heteroatoms. The van der Waals surface area contributed by atoms with Gasteiger partial charge in [-0.25, -0.2) is 0 Å². The number of nitrogens with one attached hydrogen (secondary N) is 1. The third-order valence-electron chi connectivity index (χ3n) is 3.01. The smallest absolute Gasteiger partial charge is 0.248 e. The van der Waals surface area contributed by atoms with Crippen molar-refractivity contribution in [1.82, 2.24) is 0 Å². The molecule has 0 fully saturated rings. The lowest BCUT2D eigenvalue weighted by Gasteiger charge is -2.09. The molecule has 2 aromatic carbocycles. The molecule has 2 rings (SSSR count). The molecule has 0 radical (unpaired) electrons. The quantitative estimate of drug-likeness (QED) is 0.798. The average molecular weight is 332 g/mol. The summed E-state index contributed by atoms with van der Waals surface area (Å²) in [7, 11) is 1.58. The van der Waals surface area contributed by atoms with E-state index in [1.807, 2.05) is 25.1 Å². The Morgan fingerprint density at radius 2 is 2.04 bits per heavy atom. The summed E-state index contributed by atoms with van der Waals surface area (Å²) >= 11 is 5.88. The van der Waals surface area contributed by atoms with Gasteiger partial charge in [0.05, 0.1) is 13.7 Å². The van der Waals surface area contributed by atoms with Crippen molar-refractivity contribution in [2.45, 2.75) is 6.92 Å². The molecule has 0 aliphatic heterocycles. The van der Waals surface area contributed by atoms with Crippen LogP contribution in [0.3, 0.4) is 0 Å². The number of hydrogen-bond acceptors (Lipinski definition) is 3. The van der Waals surface area contributed by atoms with Crippen LogP contribution in [0.25, 0.3) is 6.08 Å². The highest BCUT2D eigenvalue weighted by molar-refractivity contribution is 6.30. The van der Waals surface area contributed by atoms with E-state index >= 15 is 0 Å². The monoisotopic (exact) mass is 331 g/mol. The zero-order chi connectivity index (χ0) is 16.7. The topological polar surface area (TPSA) is 47.6 Å².